The lowest BCUT2D eigenvalue weighted by Crippen LogP contribution is -2.27. The summed E-state index contributed by atoms with van der Waals surface area (Å²) in [6, 6.07) is 24.4. The maximum absolute atomic E-state index is 13.4. The standard InChI is InChI=1S/C28H28FN3O2/c1-20-7-6-8-23(15-20)17-32(16-22-11-13-25(29)14-12-22)18-27-31-26(19-34-27)28(33)30-21(2)24-9-4-3-5-10-24/h3-15,19,21H,16-18H2,1-2H3,(H,30,33). The van der Waals surface area contributed by atoms with Crippen molar-refractivity contribution in [1.29, 1.82) is 0 Å². The lowest BCUT2D eigenvalue weighted by atomic mass is 10.1. The van der Waals surface area contributed by atoms with Crippen LogP contribution >= 0.6 is 0 Å². The third kappa shape index (κ3) is 6.39. The lowest BCUT2D eigenvalue weighted by Gasteiger charge is -2.21. The number of hydrogen-bond acceptors (Lipinski definition) is 4. The zero-order valence-electron chi connectivity index (χ0n) is 19.4. The van der Waals surface area contributed by atoms with E-state index in [9.17, 15) is 9.18 Å². The van der Waals surface area contributed by atoms with E-state index in [0.717, 1.165) is 16.7 Å². The van der Waals surface area contributed by atoms with Crippen molar-refractivity contribution >= 4 is 5.91 Å². The Balaban J connectivity index is 1.46. The molecule has 6 heteroatoms. The Morgan fingerprint density at radius 2 is 1.71 bits per heavy atom. The minimum absolute atomic E-state index is 0.148. The van der Waals surface area contributed by atoms with Crippen molar-refractivity contribution in [3.05, 3.63) is 125 Å². The first-order valence-electron chi connectivity index (χ1n) is 11.3. The number of halogens is 1. The first-order chi connectivity index (χ1) is 16.5. The molecule has 0 aliphatic carbocycles. The number of oxazole rings is 1. The summed E-state index contributed by atoms with van der Waals surface area (Å²) in [5.41, 5.74) is 4.58. The van der Waals surface area contributed by atoms with Crippen molar-refractivity contribution in [3.63, 3.8) is 0 Å². The molecule has 0 saturated carbocycles. The molecule has 0 aliphatic rings. The number of hydrogen-bond donors (Lipinski definition) is 1. The SMILES string of the molecule is Cc1cccc(CN(Cc2ccc(F)cc2)Cc2nc(C(=O)NC(C)c3ccccc3)co2)c1. The second kappa shape index (κ2) is 10.9. The number of amides is 1. The molecule has 1 aromatic heterocycles. The van der Waals surface area contributed by atoms with Gasteiger partial charge in [-0.1, -0.05) is 72.3 Å². The van der Waals surface area contributed by atoms with Gasteiger partial charge in [0.1, 0.15) is 12.1 Å². The van der Waals surface area contributed by atoms with Crippen LogP contribution in [-0.2, 0) is 19.6 Å². The molecule has 34 heavy (non-hydrogen) atoms. The minimum Gasteiger partial charge on any atom is -0.447 e. The van der Waals surface area contributed by atoms with Gasteiger partial charge in [0, 0.05) is 13.1 Å². The van der Waals surface area contributed by atoms with Crippen LogP contribution in [0.1, 0.15) is 51.6 Å². The number of benzene rings is 3. The molecule has 1 unspecified atom stereocenters. The number of carbonyl (C=O) groups excluding carboxylic acids is 1. The van der Waals surface area contributed by atoms with Gasteiger partial charge in [0.2, 0.25) is 5.89 Å². The van der Waals surface area contributed by atoms with E-state index >= 15 is 0 Å². The predicted molar refractivity (Wildman–Crippen MR) is 129 cm³/mol. The zero-order chi connectivity index (χ0) is 23.9. The molecule has 4 aromatic rings. The van der Waals surface area contributed by atoms with Crippen LogP contribution in [0.2, 0.25) is 0 Å². The molecule has 1 heterocycles. The van der Waals surface area contributed by atoms with Crippen molar-refractivity contribution < 1.29 is 13.6 Å². The van der Waals surface area contributed by atoms with Gasteiger partial charge in [-0.2, -0.15) is 0 Å². The molecule has 0 spiro atoms. The lowest BCUT2D eigenvalue weighted by molar-refractivity contribution is 0.0934. The van der Waals surface area contributed by atoms with Crippen molar-refractivity contribution in [2.75, 3.05) is 0 Å². The summed E-state index contributed by atoms with van der Waals surface area (Å²) in [5.74, 6) is -0.0931. The maximum atomic E-state index is 13.4. The number of nitrogens with one attached hydrogen (secondary N) is 1. The van der Waals surface area contributed by atoms with Gasteiger partial charge in [-0.15, -0.1) is 0 Å². The van der Waals surface area contributed by atoms with Gasteiger partial charge in [0.05, 0.1) is 12.6 Å². The molecule has 5 nitrogen and oxygen atoms in total. The highest BCUT2D eigenvalue weighted by molar-refractivity contribution is 5.92. The van der Waals surface area contributed by atoms with E-state index in [1.807, 2.05) is 43.3 Å². The Morgan fingerprint density at radius 3 is 2.44 bits per heavy atom. The molecule has 0 fully saturated rings. The fourth-order valence-electron chi connectivity index (χ4n) is 3.86. The van der Waals surface area contributed by atoms with Crippen LogP contribution in [0.15, 0.2) is 89.5 Å². The number of aryl methyl sites for hydroxylation is 1. The maximum Gasteiger partial charge on any atom is 0.273 e. The van der Waals surface area contributed by atoms with Crippen LogP contribution < -0.4 is 5.32 Å². The number of nitrogens with zero attached hydrogens (tertiary/aromatic N) is 2. The van der Waals surface area contributed by atoms with E-state index in [1.54, 1.807) is 12.1 Å². The van der Waals surface area contributed by atoms with Gasteiger partial charge in [0.15, 0.2) is 5.69 Å². The second-order valence-corrected chi connectivity index (χ2v) is 8.49. The Labute approximate surface area is 199 Å². The Hall–Kier alpha value is -3.77. The molecule has 4 rings (SSSR count). The summed E-state index contributed by atoms with van der Waals surface area (Å²) in [7, 11) is 0. The molecule has 0 bridgehead atoms. The zero-order valence-corrected chi connectivity index (χ0v) is 19.4. The molecule has 0 saturated heterocycles. The summed E-state index contributed by atoms with van der Waals surface area (Å²) in [5, 5.41) is 2.96. The van der Waals surface area contributed by atoms with Crippen molar-refractivity contribution in [2.24, 2.45) is 0 Å². The van der Waals surface area contributed by atoms with Crippen LogP contribution in [0, 0.1) is 12.7 Å². The minimum atomic E-state index is -0.282. The average Bonchev–Trinajstić information content (AvgIpc) is 3.30. The van der Waals surface area contributed by atoms with Crippen LogP contribution in [-0.4, -0.2) is 15.8 Å². The number of rotatable bonds is 9. The molecular weight excluding hydrogens is 429 g/mol. The predicted octanol–water partition coefficient (Wildman–Crippen LogP) is 5.82. The molecule has 3 aromatic carbocycles. The first-order valence-corrected chi connectivity index (χ1v) is 11.3. The summed E-state index contributed by atoms with van der Waals surface area (Å²) in [6.07, 6.45) is 1.39. The van der Waals surface area contributed by atoms with E-state index in [1.165, 1.54) is 24.0 Å². The van der Waals surface area contributed by atoms with Gasteiger partial charge in [-0.3, -0.25) is 9.69 Å². The average molecular weight is 458 g/mol. The fourth-order valence-corrected chi connectivity index (χ4v) is 3.86. The summed E-state index contributed by atoms with van der Waals surface area (Å²) in [4.78, 5) is 19.3. The van der Waals surface area contributed by atoms with E-state index in [0.29, 0.717) is 25.5 Å². The number of aromatic nitrogens is 1. The largest absolute Gasteiger partial charge is 0.447 e. The number of carbonyl (C=O) groups is 1. The van der Waals surface area contributed by atoms with Crippen LogP contribution in [0.4, 0.5) is 4.39 Å². The van der Waals surface area contributed by atoms with Crippen molar-refractivity contribution in [1.82, 2.24) is 15.2 Å². The van der Waals surface area contributed by atoms with Crippen LogP contribution in [0.25, 0.3) is 0 Å². The van der Waals surface area contributed by atoms with Gasteiger partial charge in [-0.25, -0.2) is 9.37 Å². The van der Waals surface area contributed by atoms with Crippen molar-refractivity contribution in [3.8, 4) is 0 Å². The third-order valence-electron chi connectivity index (χ3n) is 5.60. The highest BCUT2D eigenvalue weighted by atomic mass is 19.1. The van der Waals surface area contributed by atoms with E-state index in [-0.39, 0.29) is 23.5 Å². The smallest absolute Gasteiger partial charge is 0.273 e. The quantitative estimate of drug-likeness (QED) is 0.344. The van der Waals surface area contributed by atoms with Crippen LogP contribution in [0.5, 0.6) is 0 Å². The molecule has 0 radical (unpaired) electrons. The van der Waals surface area contributed by atoms with Gasteiger partial charge in [-0.05, 0) is 42.7 Å². The molecule has 174 valence electrons. The molecule has 1 N–H and O–H groups in total. The summed E-state index contributed by atoms with van der Waals surface area (Å²) >= 11 is 0. The third-order valence-corrected chi connectivity index (χ3v) is 5.60. The molecule has 1 atom stereocenters. The van der Waals surface area contributed by atoms with Gasteiger partial charge >= 0.3 is 0 Å². The second-order valence-electron chi connectivity index (χ2n) is 8.49. The highest BCUT2D eigenvalue weighted by Crippen LogP contribution is 2.17. The highest BCUT2D eigenvalue weighted by Gasteiger charge is 2.18. The summed E-state index contributed by atoms with van der Waals surface area (Å²) in [6.45, 7) is 5.65. The van der Waals surface area contributed by atoms with Gasteiger partial charge < -0.3 is 9.73 Å². The topological polar surface area (TPSA) is 58.4 Å². The van der Waals surface area contributed by atoms with Crippen molar-refractivity contribution in [2.45, 2.75) is 39.5 Å². The van der Waals surface area contributed by atoms with Gasteiger partial charge in [0.25, 0.3) is 5.91 Å². The monoisotopic (exact) mass is 457 g/mol. The molecular formula is C28H28FN3O2. The summed E-state index contributed by atoms with van der Waals surface area (Å²) < 4.78 is 19.0. The first kappa shape index (κ1) is 23.4. The van der Waals surface area contributed by atoms with E-state index < -0.39 is 0 Å². The normalized spacial score (nSPS) is 12.0. The van der Waals surface area contributed by atoms with Crippen LogP contribution in [0.3, 0.4) is 0 Å². The molecule has 1 amide bonds. The van der Waals surface area contributed by atoms with E-state index in [2.05, 4.69) is 40.3 Å². The Bertz CT molecular complexity index is 1220. The Kier molecular flexibility index (Phi) is 7.50. The Morgan fingerprint density at radius 1 is 0.971 bits per heavy atom. The van der Waals surface area contributed by atoms with E-state index in [4.69, 9.17) is 4.42 Å². The molecule has 0 aliphatic heterocycles. The fraction of sp³-hybridized carbons (Fsp3) is 0.214.